The molecule has 118 valence electrons. The van der Waals surface area contributed by atoms with Gasteiger partial charge in [-0.25, -0.2) is 9.59 Å². The minimum Gasteiger partial charge on any atom is -0.493 e. The molecule has 8 nitrogen and oxygen atoms in total. The highest BCUT2D eigenvalue weighted by Crippen LogP contribution is 2.40. The lowest BCUT2D eigenvalue weighted by molar-refractivity contribution is -0.133. The maximum Gasteiger partial charge on any atom is 0.352 e. The van der Waals surface area contributed by atoms with E-state index in [2.05, 4.69) is 10.6 Å². The van der Waals surface area contributed by atoms with Gasteiger partial charge in [-0.2, -0.15) is 0 Å². The molecule has 1 aromatic rings. The highest BCUT2D eigenvalue weighted by atomic mass is 16.5. The van der Waals surface area contributed by atoms with Gasteiger partial charge in [-0.3, -0.25) is 0 Å². The fourth-order valence-electron chi connectivity index (χ4n) is 2.13. The van der Waals surface area contributed by atoms with Crippen molar-refractivity contribution in [2.75, 3.05) is 21.3 Å². The Kier molecular flexibility index (Phi) is 4.40. The highest BCUT2D eigenvalue weighted by Gasteiger charge is 2.25. The van der Waals surface area contributed by atoms with Crippen molar-refractivity contribution < 1.29 is 28.9 Å². The first kappa shape index (κ1) is 15.5. The summed E-state index contributed by atoms with van der Waals surface area (Å²) in [4.78, 5) is 22.6. The lowest BCUT2D eigenvalue weighted by atomic mass is 10.0. The van der Waals surface area contributed by atoms with Gasteiger partial charge in [-0.1, -0.05) is 0 Å². The number of urea groups is 1. The molecule has 1 heterocycles. The number of carboxylic acid groups (broad SMARTS) is 1. The van der Waals surface area contributed by atoms with Gasteiger partial charge in [0.25, 0.3) is 0 Å². The quantitative estimate of drug-likeness (QED) is 0.750. The zero-order valence-electron chi connectivity index (χ0n) is 12.3. The number of hydrogen-bond acceptors (Lipinski definition) is 5. The minimum atomic E-state index is -1.22. The molecule has 2 amide bonds. The molecule has 22 heavy (non-hydrogen) atoms. The number of nitrogens with one attached hydrogen (secondary N) is 2. The van der Waals surface area contributed by atoms with Crippen LogP contribution >= 0.6 is 0 Å². The molecule has 0 bridgehead atoms. The monoisotopic (exact) mass is 308 g/mol. The molecule has 8 heteroatoms. The Balaban J connectivity index is 2.50. The molecule has 0 aromatic heterocycles. The smallest absolute Gasteiger partial charge is 0.352 e. The largest absolute Gasteiger partial charge is 0.493 e. The van der Waals surface area contributed by atoms with Gasteiger partial charge < -0.3 is 30.0 Å². The van der Waals surface area contributed by atoms with Gasteiger partial charge in [0.2, 0.25) is 5.75 Å². The number of carboxylic acids is 1. The van der Waals surface area contributed by atoms with Crippen LogP contribution in [-0.2, 0) is 4.79 Å². The van der Waals surface area contributed by atoms with Gasteiger partial charge in [0.05, 0.1) is 27.4 Å². The molecule has 0 saturated heterocycles. The van der Waals surface area contributed by atoms with Crippen LogP contribution in [0.15, 0.2) is 23.9 Å². The molecule has 0 spiro atoms. The second-order valence-corrected chi connectivity index (χ2v) is 4.42. The summed E-state index contributed by atoms with van der Waals surface area (Å²) in [7, 11) is 4.43. The summed E-state index contributed by atoms with van der Waals surface area (Å²) in [5.41, 5.74) is 0.408. The zero-order valence-corrected chi connectivity index (χ0v) is 12.3. The van der Waals surface area contributed by atoms with Crippen LogP contribution in [0, 0.1) is 0 Å². The fraction of sp³-hybridized carbons (Fsp3) is 0.286. The average Bonchev–Trinajstić information content (AvgIpc) is 2.52. The number of carbonyl (C=O) groups excluding carboxylic acids is 1. The third kappa shape index (κ3) is 2.90. The third-order valence-electron chi connectivity index (χ3n) is 3.14. The first-order valence-corrected chi connectivity index (χ1v) is 6.32. The van der Waals surface area contributed by atoms with E-state index in [0.717, 1.165) is 0 Å². The SMILES string of the molecule is COc1cc(C2C=C(C(=O)O)NC(=O)N2)cc(OC)c1OC. The average molecular weight is 308 g/mol. The minimum absolute atomic E-state index is 0.192. The first-order valence-electron chi connectivity index (χ1n) is 6.32. The van der Waals surface area contributed by atoms with Crippen molar-refractivity contribution in [3.63, 3.8) is 0 Å². The summed E-state index contributed by atoms with van der Waals surface area (Å²) >= 11 is 0. The lowest BCUT2D eigenvalue weighted by Gasteiger charge is -2.23. The number of aliphatic carboxylic acids is 1. The van der Waals surface area contributed by atoms with E-state index in [1.165, 1.54) is 27.4 Å². The second-order valence-electron chi connectivity index (χ2n) is 4.42. The number of carbonyl (C=O) groups is 2. The van der Waals surface area contributed by atoms with E-state index >= 15 is 0 Å². The van der Waals surface area contributed by atoms with E-state index in [0.29, 0.717) is 22.8 Å². The molecule has 1 aliphatic heterocycles. The zero-order chi connectivity index (χ0) is 16.3. The van der Waals surface area contributed by atoms with E-state index in [9.17, 15) is 9.59 Å². The number of rotatable bonds is 5. The van der Waals surface area contributed by atoms with Gasteiger partial charge in [0.1, 0.15) is 5.70 Å². The highest BCUT2D eigenvalue weighted by molar-refractivity contribution is 5.93. The van der Waals surface area contributed by atoms with Crippen molar-refractivity contribution in [1.29, 1.82) is 0 Å². The molecular weight excluding hydrogens is 292 g/mol. The van der Waals surface area contributed by atoms with Crippen molar-refractivity contribution in [2.24, 2.45) is 0 Å². The predicted molar refractivity (Wildman–Crippen MR) is 76.2 cm³/mol. The summed E-state index contributed by atoms with van der Waals surface area (Å²) < 4.78 is 15.7. The summed E-state index contributed by atoms with van der Waals surface area (Å²) in [6.45, 7) is 0. The van der Waals surface area contributed by atoms with Gasteiger partial charge in [-0.05, 0) is 23.8 Å². The maximum absolute atomic E-state index is 11.6. The van der Waals surface area contributed by atoms with E-state index in [1.54, 1.807) is 12.1 Å². The van der Waals surface area contributed by atoms with Gasteiger partial charge in [0, 0.05) is 0 Å². The van der Waals surface area contributed by atoms with Crippen LogP contribution in [0.1, 0.15) is 11.6 Å². The van der Waals surface area contributed by atoms with Crippen LogP contribution in [-0.4, -0.2) is 38.4 Å². The molecular formula is C14H16N2O6. The van der Waals surface area contributed by atoms with E-state index in [4.69, 9.17) is 19.3 Å². The third-order valence-corrected chi connectivity index (χ3v) is 3.14. The Labute approximate surface area is 126 Å². The molecule has 0 radical (unpaired) electrons. The van der Waals surface area contributed by atoms with Crippen molar-refractivity contribution in [3.8, 4) is 17.2 Å². The Morgan fingerprint density at radius 1 is 1.14 bits per heavy atom. The summed E-state index contributed by atoms with van der Waals surface area (Å²) in [6.07, 6.45) is 1.39. The Hall–Kier alpha value is -2.90. The topological polar surface area (TPSA) is 106 Å². The van der Waals surface area contributed by atoms with Crippen LogP contribution < -0.4 is 24.8 Å². The van der Waals surface area contributed by atoms with Crippen molar-refractivity contribution in [1.82, 2.24) is 10.6 Å². The van der Waals surface area contributed by atoms with Gasteiger partial charge >= 0.3 is 12.0 Å². The standard InChI is InChI=1S/C14H16N2O6/c1-20-10-4-7(5-11(21-2)12(10)22-3)8-6-9(13(17)18)16-14(19)15-8/h4-6,8H,1-3H3,(H,17,18)(H2,15,16,19). The van der Waals surface area contributed by atoms with Crippen LogP contribution in [0.5, 0.6) is 17.2 Å². The Morgan fingerprint density at radius 2 is 1.73 bits per heavy atom. The maximum atomic E-state index is 11.6. The van der Waals surface area contributed by atoms with Crippen LogP contribution in [0.4, 0.5) is 4.79 Å². The van der Waals surface area contributed by atoms with E-state index in [1.807, 2.05) is 0 Å². The normalized spacial score (nSPS) is 17.0. The molecule has 0 fully saturated rings. The fourth-order valence-corrected chi connectivity index (χ4v) is 2.13. The molecule has 1 aromatic carbocycles. The molecule has 0 aliphatic carbocycles. The molecule has 3 N–H and O–H groups in total. The van der Waals surface area contributed by atoms with Crippen LogP contribution in [0.3, 0.4) is 0 Å². The number of ether oxygens (including phenoxy) is 3. The van der Waals surface area contributed by atoms with Gasteiger partial charge in [-0.15, -0.1) is 0 Å². The number of hydrogen-bond donors (Lipinski definition) is 3. The summed E-state index contributed by atoms with van der Waals surface area (Å²) in [5, 5.41) is 13.9. The summed E-state index contributed by atoms with van der Waals surface area (Å²) in [6, 6.07) is 2.06. The van der Waals surface area contributed by atoms with Crippen molar-refractivity contribution in [2.45, 2.75) is 6.04 Å². The number of methoxy groups -OCH3 is 3. The van der Waals surface area contributed by atoms with Crippen molar-refractivity contribution >= 4 is 12.0 Å². The summed E-state index contributed by atoms with van der Waals surface area (Å²) in [5.74, 6) is 0.0218. The van der Waals surface area contributed by atoms with E-state index in [-0.39, 0.29) is 5.70 Å². The number of amides is 2. The molecule has 1 unspecified atom stereocenters. The Bertz CT molecular complexity index is 615. The predicted octanol–water partition coefficient (Wildman–Crippen LogP) is 1.03. The van der Waals surface area contributed by atoms with Crippen LogP contribution in [0.2, 0.25) is 0 Å². The molecule has 2 rings (SSSR count). The second kappa shape index (κ2) is 6.25. The lowest BCUT2D eigenvalue weighted by Crippen LogP contribution is -2.43. The molecule has 0 saturated carbocycles. The molecule has 1 atom stereocenters. The van der Waals surface area contributed by atoms with Crippen LogP contribution in [0.25, 0.3) is 0 Å². The van der Waals surface area contributed by atoms with Crippen molar-refractivity contribution in [3.05, 3.63) is 29.5 Å². The first-order chi connectivity index (χ1) is 10.5. The Morgan fingerprint density at radius 3 is 2.18 bits per heavy atom. The van der Waals surface area contributed by atoms with Gasteiger partial charge in [0.15, 0.2) is 11.5 Å². The van der Waals surface area contributed by atoms with E-state index < -0.39 is 18.0 Å². The number of benzene rings is 1. The molecule has 1 aliphatic rings.